The number of esters is 1. The number of ether oxygens (including phenoxy) is 2. The number of anilines is 2. The van der Waals surface area contributed by atoms with E-state index in [0.29, 0.717) is 25.0 Å². The van der Waals surface area contributed by atoms with Gasteiger partial charge in [-0.05, 0) is 6.42 Å². The maximum Gasteiger partial charge on any atom is 0.323 e. The van der Waals surface area contributed by atoms with Gasteiger partial charge in [0.25, 0.3) is 0 Å². The quantitative estimate of drug-likeness (QED) is 0.665. The summed E-state index contributed by atoms with van der Waals surface area (Å²) in [4.78, 5) is 23.2. The zero-order chi connectivity index (χ0) is 14.1. The van der Waals surface area contributed by atoms with Crippen LogP contribution in [0.25, 0.3) is 0 Å². The van der Waals surface area contributed by atoms with Gasteiger partial charge in [0.15, 0.2) is 0 Å². The van der Waals surface area contributed by atoms with Crippen LogP contribution in [0.1, 0.15) is 19.8 Å². The van der Waals surface area contributed by atoms with Gasteiger partial charge in [-0.15, -0.1) is 0 Å². The summed E-state index contributed by atoms with van der Waals surface area (Å²) in [6, 6.07) is 0.252. The Kier molecular flexibility index (Phi) is 6.34. The number of hydrogen-bond donors (Lipinski definition) is 2. The molecule has 0 amide bonds. The predicted octanol–water partition coefficient (Wildman–Crippen LogP) is 0.677. The lowest BCUT2D eigenvalue weighted by Gasteiger charge is -2.08. The first-order chi connectivity index (χ1) is 9.19. The second-order valence-corrected chi connectivity index (χ2v) is 3.62. The number of carbonyl (C=O) groups excluding carboxylic acids is 1. The summed E-state index contributed by atoms with van der Waals surface area (Å²) in [5.41, 5.74) is 0. The van der Waals surface area contributed by atoms with E-state index in [1.807, 2.05) is 6.92 Å². The van der Waals surface area contributed by atoms with Gasteiger partial charge in [0, 0.05) is 13.6 Å². The molecular formula is C11H19N5O3. The highest BCUT2D eigenvalue weighted by molar-refractivity contribution is 5.69. The SMILES string of the molecule is CCCOc1nc(NC)nc(NCCC(=O)OC)n1. The van der Waals surface area contributed by atoms with Gasteiger partial charge in [0.2, 0.25) is 11.9 Å². The van der Waals surface area contributed by atoms with Crippen molar-refractivity contribution >= 4 is 17.9 Å². The summed E-state index contributed by atoms with van der Waals surface area (Å²) in [6.45, 7) is 2.91. The molecule has 0 aliphatic carbocycles. The largest absolute Gasteiger partial charge is 0.469 e. The molecule has 1 aromatic rings. The van der Waals surface area contributed by atoms with Crippen LogP contribution in [-0.2, 0) is 9.53 Å². The molecular weight excluding hydrogens is 250 g/mol. The van der Waals surface area contributed by atoms with Gasteiger partial charge in [-0.2, -0.15) is 15.0 Å². The van der Waals surface area contributed by atoms with Crippen LogP contribution in [0.2, 0.25) is 0 Å². The third-order valence-corrected chi connectivity index (χ3v) is 2.11. The molecule has 19 heavy (non-hydrogen) atoms. The van der Waals surface area contributed by atoms with Crippen LogP contribution >= 0.6 is 0 Å². The molecule has 8 nitrogen and oxygen atoms in total. The van der Waals surface area contributed by atoms with Crippen molar-refractivity contribution in [1.29, 1.82) is 0 Å². The Morgan fingerprint density at radius 1 is 1.26 bits per heavy atom. The van der Waals surface area contributed by atoms with Gasteiger partial charge in [-0.3, -0.25) is 4.79 Å². The second kappa shape index (κ2) is 8.06. The number of methoxy groups -OCH3 is 1. The van der Waals surface area contributed by atoms with Crippen molar-refractivity contribution in [3.8, 4) is 6.01 Å². The minimum atomic E-state index is -0.294. The number of nitrogens with one attached hydrogen (secondary N) is 2. The Morgan fingerprint density at radius 3 is 2.63 bits per heavy atom. The average molecular weight is 269 g/mol. The van der Waals surface area contributed by atoms with E-state index in [1.54, 1.807) is 7.05 Å². The molecule has 0 aromatic carbocycles. The maximum absolute atomic E-state index is 11.0. The van der Waals surface area contributed by atoms with Gasteiger partial charge in [-0.1, -0.05) is 6.92 Å². The smallest absolute Gasteiger partial charge is 0.323 e. The summed E-state index contributed by atoms with van der Waals surface area (Å²) in [5, 5.41) is 5.74. The lowest BCUT2D eigenvalue weighted by molar-refractivity contribution is -0.140. The van der Waals surface area contributed by atoms with Gasteiger partial charge in [-0.25, -0.2) is 0 Å². The number of nitrogens with zero attached hydrogens (tertiary/aromatic N) is 3. The normalized spacial score (nSPS) is 9.84. The van der Waals surface area contributed by atoms with Crippen LogP contribution in [0.3, 0.4) is 0 Å². The van der Waals surface area contributed by atoms with Crippen LogP contribution in [0, 0.1) is 0 Å². The molecule has 0 spiro atoms. The Labute approximate surface area is 111 Å². The van der Waals surface area contributed by atoms with Gasteiger partial charge >= 0.3 is 12.0 Å². The van der Waals surface area contributed by atoms with Crippen molar-refractivity contribution in [1.82, 2.24) is 15.0 Å². The summed E-state index contributed by atoms with van der Waals surface area (Å²) in [6.07, 6.45) is 1.11. The van der Waals surface area contributed by atoms with Gasteiger partial charge in [0.1, 0.15) is 0 Å². The first kappa shape index (κ1) is 14.9. The second-order valence-electron chi connectivity index (χ2n) is 3.62. The zero-order valence-electron chi connectivity index (χ0n) is 11.4. The molecule has 1 rings (SSSR count). The molecule has 0 aliphatic heterocycles. The predicted molar refractivity (Wildman–Crippen MR) is 70.3 cm³/mol. The first-order valence-corrected chi connectivity index (χ1v) is 6.07. The topological polar surface area (TPSA) is 98.3 Å². The molecule has 0 saturated carbocycles. The van der Waals surface area contributed by atoms with E-state index in [0.717, 1.165) is 6.42 Å². The third kappa shape index (κ3) is 5.36. The highest BCUT2D eigenvalue weighted by atomic mass is 16.5. The van der Waals surface area contributed by atoms with Crippen molar-refractivity contribution in [2.24, 2.45) is 0 Å². The average Bonchev–Trinajstić information content (AvgIpc) is 2.44. The zero-order valence-corrected chi connectivity index (χ0v) is 11.4. The molecule has 0 radical (unpaired) electrons. The highest BCUT2D eigenvalue weighted by Gasteiger charge is 2.07. The van der Waals surface area contributed by atoms with Crippen LogP contribution < -0.4 is 15.4 Å². The van der Waals surface area contributed by atoms with Gasteiger partial charge < -0.3 is 20.1 Å². The Morgan fingerprint density at radius 2 is 2.00 bits per heavy atom. The van der Waals surface area contributed by atoms with E-state index in [-0.39, 0.29) is 18.4 Å². The van der Waals surface area contributed by atoms with Crippen LogP contribution in [0.15, 0.2) is 0 Å². The molecule has 2 N–H and O–H groups in total. The van der Waals surface area contributed by atoms with E-state index < -0.39 is 0 Å². The van der Waals surface area contributed by atoms with Crippen molar-refractivity contribution in [2.45, 2.75) is 19.8 Å². The van der Waals surface area contributed by atoms with Crippen LogP contribution in [0.5, 0.6) is 6.01 Å². The van der Waals surface area contributed by atoms with Crippen LogP contribution in [-0.4, -0.2) is 48.2 Å². The summed E-state index contributed by atoms with van der Waals surface area (Å²) >= 11 is 0. The number of hydrogen-bond acceptors (Lipinski definition) is 8. The molecule has 0 atom stereocenters. The summed E-state index contributed by atoms with van der Waals surface area (Å²) in [5.74, 6) is 0.467. The van der Waals surface area contributed by atoms with Crippen molar-refractivity contribution in [2.75, 3.05) is 37.9 Å². The number of carbonyl (C=O) groups is 1. The number of aromatic nitrogens is 3. The molecule has 0 aliphatic rings. The van der Waals surface area contributed by atoms with Gasteiger partial charge in [0.05, 0.1) is 20.1 Å². The molecule has 0 unspecified atom stereocenters. The Balaban J connectivity index is 2.62. The fourth-order valence-electron chi connectivity index (χ4n) is 1.18. The Bertz CT molecular complexity index is 413. The van der Waals surface area contributed by atoms with E-state index in [9.17, 15) is 4.79 Å². The molecule has 0 bridgehead atoms. The maximum atomic E-state index is 11.0. The minimum absolute atomic E-state index is 0.238. The highest BCUT2D eigenvalue weighted by Crippen LogP contribution is 2.10. The molecule has 0 saturated heterocycles. The summed E-state index contributed by atoms with van der Waals surface area (Å²) < 4.78 is 9.89. The fourth-order valence-corrected chi connectivity index (χ4v) is 1.18. The van der Waals surface area contributed by atoms with Crippen LogP contribution in [0.4, 0.5) is 11.9 Å². The minimum Gasteiger partial charge on any atom is -0.469 e. The lowest BCUT2D eigenvalue weighted by atomic mass is 10.4. The van der Waals surface area contributed by atoms with E-state index in [2.05, 4.69) is 30.3 Å². The molecule has 1 heterocycles. The fraction of sp³-hybridized carbons (Fsp3) is 0.636. The molecule has 0 fully saturated rings. The van der Waals surface area contributed by atoms with Crippen molar-refractivity contribution in [3.05, 3.63) is 0 Å². The van der Waals surface area contributed by atoms with E-state index >= 15 is 0 Å². The van der Waals surface area contributed by atoms with Crippen molar-refractivity contribution < 1.29 is 14.3 Å². The standard InChI is InChI=1S/C11H19N5O3/c1-4-7-19-11-15-9(12-2)14-10(16-11)13-6-5-8(17)18-3/h4-7H2,1-3H3,(H2,12,13,14,15,16). The molecule has 8 heteroatoms. The molecule has 1 aromatic heterocycles. The van der Waals surface area contributed by atoms with E-state index in [1.165, 1.54) is 7.11 Å². The molecule has 106 valence electrons. The third-order valence-electron chi connectivity index (χ3n) is 2.11. The number of rotatable bonds is 8. The monoisotopic (exact) mass is 269 g/mol. The van der Waals surface area contributed by atoms with E-state index in [4.69, 9.17) is 4.74 Å². The Hall–Kier alpha value is -2.12. The first-order valence-electron chi connectivity index (χ1n) is 6.07. The summed E-state index contributed by atoms with van der Waals surface area (Å²) in [7, 11) is 3.05. The lowest BCUT2D eigenvalue weighted by Crippen LogP contribution is -2.13. The van der Waals surface area contributed by atoms with Crippen molar-refractivity contribution in [3.63, 3.8) is 0 Å².